The fourth-order valence-electron chi connectivity index (χ4n) is 5.81. The summed E-state index contributed by atoms with van der Waals surface area (Å²) in [6, 6.07) is 0. The van der Waals surface area contributed by atoms with Crippen molar-refractivity contribution >= 4 is 14.3 Å². The molecule has 0 saturated carbocycles. The first-order chi connectivity index (χ1) is 22.2. The van der Waals surface area contributed by atoms with Gasteiger partial charge in [0.25, 0.3) is 0 Å². The largest absolute Gasteiger partial charge is 0.462 e. The van der Waals surface area contributed by atoms with Gasteiger partial charge in [-0.2, -0.15) is 0 Å². The Balaban J connectivity index is 4.61. The summed E-state index contributed by atoms with van der Waals surface area (Å²) >= 11 is 0. The van der Waals surface area contributed by atoms with Crippen molar-refractivity contribution in [1.29, 1.82) is 0 Å². The molecule has 0 aromatic heterocycles. The number of aliphatic hydroxyl groups is 1. The Hall–Kier alpha value is -0.513. The SMILES string of the molecule is CCCCCCCCC(CCCCCCCC)OC(=O)CCCCC(O)CNCC(CN(C)CCCN(C)C)O[Si](C)(C)C(C)(C)C. The second kappa shape index (κ2) is 28.2. The zero-order valence-electron chi connectivity index (χ0n) is 33.3. The zero-order chi connectivity index (χ0) is 35.6. The molecule has 0 aromatic rings. The highest BCUT2D eigenvalue weighted by Crippen LogP contribution is 2.37. The minimum atomic E-state index is -1.92. The van der Waals surface area contributed by atoms with Gasteiger partial charge in [-0.15, -0.1) is 0 Å². The van der Waals surface area contributed by atoms with Crippen LogP contribution in [0.5, 0.6) is 0 Å². The molecule has 0 radical (unpaired) electrons. The molecule has 0 aliphatic carbocycles. The van der Waals surface area contributed by atoms with E-state index in [1.54, 1.807) is 0 Å². The number of hydrogen-bond donors (Lipinski definition) is 2. The number of unbranched alkanes of at least 4 members (excludes halogenated alkanes) is 11. The topological polar surface area (TPSA) is 74.3 Å². The molecule has 0 bridgehead atoms. The number of nitrogens with one attached hydrogen (secondary N) is 1. The molecule has 0 amide bonds. The highest BCUT2D eigenvalue weighted by molar-refractivity contribution is 6.74. The number of hydrogen-bond acceptors (Lipinski definition) is 7. The molecule has 0 spiro atoms. The van der Waals surface area contributed by atoms with E-state index in [2.05, 4.69) is 84.0 Å². The van der Waals surface area contributed by atoms with Crippen molar-refractivity contribution < 1.29 is 19.1 Å². The van der Waals surface area contributed by atoms with Crippen molar-refractivity contribution in [2.45, 2.75) is 193 Å². The third-order valence-electron chi connectivity index (χ3n) is 9.91. The van der Waals surface area contributed by atoms with E-state index in [0.29, 0.717) is 19.4 Å². The molecule has 0 heterocycles. The van der Waals surface area contributed by atoms with Crippen LogP contribution in [0.2, 0.25) is 18.1 Å². The minimum Gasteiger partial charge on any atom is -0.462 e. The first-order valence-corrected chi connectivity index (χ1v) is 22.7. The standard InChI is InChI=1S/C39H83N3O4Si/c1-11-13-15-17-19-21-27-36(28-22-20-18-16-14-12-2)45-38(44)29-24-23-26-35(43)32-40-33-37(46-47(9,10)39(3,4)5)34-42(8)31-25-30-41(6)7/h35-37,40,43H,11-34H2,1-10H3. The zero-order valence-corrected chi connectivity index (χ0v) is 34.3. The van der Waals surface area contributed by atoms with Gasteiger partial charge in [0.1, 0.15) is 6.10 Å². The lowest BCUT2D eigenvalue weighted by atomic mass is 10.0. The van der Waals surface area contributed by atoms with Crippen LogP contribution in [-0.2, 0) is 14.0 Å². The summed E-state index contributed by atoms with van der Waals surface area (Å²) in [4.78, 5) is 17.4. The molecule has 282 valence electrons. The van der Waals surface area contributed by atoms with E-state index in [9.17, 15) is 9.90 Å². The van der Waals surface area contributed by atoms with E-state index in [-0.39, 0.29) is 23.2 Å². The first-order valence-electron chi connectivity index (χ1n) is 19.8. The second-order valence-electron chi connectivity index (χ2n) is 16.2. The lowest BCUT2D eigenvalue weighted by Crippen LogP contribution is -2.50. The van der Waals surface area contributed by atoms with Crippen molar-refractivity contribution in [3.8, 4) is 0 Å². The number of likely N-dealkylation sites (N-methyl/N-ethyl adjacent to an activating group) is 1. The molecule has 0 aliphatic heterocycles. The molecule has 7 nitrogen and oxygen atoms in total. The summed E-state index contributed by atoms with van der Waals surface area (Å²) in [5.74, 6) is -0.0556. The molecule has 2 unspecified atom stereocenters. The van der Waals surface area contributed by atoms with Gasteiger partial charge < -0.3 is 29.4 Å². The van der Waals surface area contributed by atoms with E-state index in [1.165, 1.54) is 64.2 Å². The second-order valence-corrected chi connectivity index (χ2v) is 21.0. The third-order valence-corrected chi connectivity index (χ3v) is 14.4. The van der Waals surface area contributed by atoms with Crippen molar-refractivity contribution in [2.75, 3.05) is 53.9 Å². The molecule has 0 aromatic carbocycles. The van der Waals surface area contributed by atoms with E-state index < -0.39 is 14.4 Å². The summed E-state index contributed by atoms with van der Waals surface area (Å²) in [7, 11) is 4.50. The van der Waals surface area contributed by atoms with Crippen molar-refractivity contribution in [3.63, 3.8) is 0 Å². The van der Waals surface area contributed by atoms with Gasteiger partial charge in [-0.05, 0) is 97.3 Å². The highest BCUT2D eigenvalue weighted by Gasteiger charge is 2.39. The average molecular weight is 686 g/mol. The van der Waals surface area contributed by atoms with Gasteiger partial charge in [0.05, 0.1) is 12.2 Å². The van der Waals surface area contributed by atoms with E-state index >= 15 is 0 Å². The van der Waals surface area contributed by atoms with Gasteiger partial charge in [-0.3, -0.25) is 4.79 Å². The monoisotopic (exact) mass is 686 g/mol. The summed E-state index contributed by atoms with van der Waals surface area (Å²) < 4.78 is 12.8. The van der Waals surface area contributed by atoms with Crippen LogP contribution in [0.25, 0.3) is 0 Å². The van der Waals surface area contributed by atoms with Gasteiger partial charge in [0.2, 0.25) is 0 Å². The number of ether oxygens (including phenoxy) is 1. The number of rotatable bonds is 32. The van der Waals surface area contributed by atoms with Gasteiger partial charge in [-0.1, -0.05) is 105 Å². The molecule has 0 rings (SSSR count). The predicted molar refractivity (Wildman–Crippen MR) is 206 cm³/mol. The quantitative estimate of drug-likeness (QED) is 0.0416. The molecule has 0 saturated heterocycles. The maximum Gasteiger partial charge on any atom is 0.306 e. The number of esters is 1. The molecule has 8 heteroatoms. The van der Waals surface area contributed by atoms with Gasteiger partial charge >= 0.3 is 5.97 Å². The Morgan fingerprint density at radius 1 is 0.723 bits per heavy atom. The Morgan fingerprint density at radius 3 is 1.79 bits per heavy atom. The van der Waals surface area contributed by atoms with Crippen molar-refractivity contribution in [3.05, 3.63) is 0 Å². The Labute approximate surface area is 294 Å². The fourth-order valence-corrected chi connectivity index (χ4v) is 7.15. The lowest BCUT2D eigenvalue weighted by molar-refractivity contribution is -0.150. The molecular weight excluding hydrogens is 603 g/mol. The number of carbonyl (C=O) groups is 1. The van der Waals surface area contributed by atoms with Gasteiger partial charge in [0.15, 0.2) is 8.32 Å². The van der Waals surface area contributed by atoms with Crippen LogP contribution >= 0.6 is 0 Å². The Kier molecular flexibility index (Phi) is 27.9. The van der Waals surface area contributed by atoms with Gasteiger partial charge in [0, 0.05) is 26.1 Å². The fraction of sp³-hybridized carbons (Fsp3) is 0.974. The maximum absolute atomic E-state index is 12.8. The average Bonchev–Trinajstić information content (AvgIpc) is 2.97. The van der Waals surface area contributed by atoms with Crippen LogP contribution in [0.4, 0.5) is 0 Å². The number of carbonyl (C=O) groups excluding carboxylic acids is 1. The molecular formula is C39H83N3O4Si. The Bertz CT molecular complexity index is 715. The van der Waals surface area contributed by atoms with E-state index in [0.717, 1.165) is 71.1 Å². The number of aliphatic hydroxyl groups excluding tert-OH is 1. The minimum absolute atomic E-state index is 0.0556. The van der Waals surface area contributed by atoms with E-state index in [1.807, 2.05) is 0 Å². The molecule has 2 N–H and O–H groups in total. The molecule has 2 atom stereocenters. The molecule has 0 aliphatic rings. The van der Waals surface area contributed by atoms with Crippen molar-refractivity contribution in [1.82, 2.24) is 15.1 Å². The van der Waals surface area contributed by atoms with Crippen LogP contribution in [0.3, 0.4) is 0 Å². The van der Waals surface area contributed by atoms with Gasteiger partial charge in [-0.25, -0.2) is 0 Å². The highest BCUT2D eigenvalue weighted by atomic mass is 28.4. The van der Waals surface area contributed by atoms with Crippen LogP contribution < -0.4 is 5.32 Å². The lowest BCUT2D eigenvalue weighted by Gasteiger charge is -2.40. The summed E-state index contributed by atoms with van der Waals surface area (Å²) in [5.41, 5.74) is 0. The maximum atomic E-state index is 12.8. The Morgan fingerprint density at radius 2 is 1.26 bits per heavy atom. The predicted octanol–water partition coefficient (Wildman–Crippen LogP) is 9.18. The molecule has 0 fully saturated rings. The number of nitrogens with zero attached hydrogens (tertiary/aromatic N) is 2. The smallest absolute Gasteiger partial charge is 0.306 e. The normalized spacial score (nSPS) is 14.0. The van der Waals surface area contributed by atoms with Crippen LogP contribution in [0.1, 0.15) is 157 Å². The first kappa shape index (κ1) is 46.5. The summed E-state index contributed by atoms with van der Waals surface area (Å²) in [5, 5.41) is 14.4. The third kappa shape index (κ3) is 27.0. The van der Waals surface area contributed by atoms with Crippen LogP contribution in [-0.4, -0.2) is 101 Å². The van der Waals surface area contributed by atoms with Crippen LogP contribution in [0, 0.1) is 0 Å². The summed E-state index contributed by atoms with van der Waals surface area (Å²) in [6.07, 6.45) is 20.8. The van der Waals surface area contributed by atoms with Crippen LogP contribution in [0.15, 0.2) is 0 Å². The molecule has 47 heavy (non-hydrogen) atoms. The van der Waals surface area contributed by atoms with E-state index in [4.69, 9.17) is 9.16 Å². The van der Waals surface area contributed by atoms with Crippen molar-refractivity contribution in [2.24, 2.45) is 0 Å². The summed E-state index contributed by atoms with van der Waals surface area (Å²) in [6.45, 7) is 20.3.